The van der Waals surface area contributed by atoms with Crippen LogP contribution in [0.1, 0.15) is 56.1 Å². The van der Waals surface area contributed by atoms with Crippen molar-refractivity contribution in [3.05, 3.63) is 35.1 Å². The Labute approximate surface area is 110 Å². The van der Waals surface area contributed by atoms with Gasteiger partial charge in [-0.25, -0.2) is 4.39 Å². The number of nitrogens with one attached hydrogen (secondary N) is 1. The fourth-order valence-electron chi connectivity index (χ4n) is 3.14. The average Bonchev–Trinajstić information content (AvgIpc) is 2.54. The highest BCUT2D eigenvalue weighted by molar-refractivity contribution is 5.27. The molecule has 0 saturated heterocycles. The molecule has 100 valence electrons. The van der Waals surface area contributed by atoms with Gasteiger partial charge in [-0.2, -0.15) is 0 Å². The van der Waals surface area contributed by atoms with Gasteiger partial charge in [-0.05, 0) is 61.9 Å². The lowest BCUT2D eigenvalue weighted by molar-refractivity contribution is 0.448. The number of halogens is 1. The molecule has 0 radical (unpaired) electrons. The summed E-state index contributed by atoms with van der Waals surface area (Å²) in [5.74, 6) is 0.431. The van der Waals surface area contributed by atoms with Crippen LogP contribution in [0, 0.1) is 12.7 Å². The van der Waals surface area contributed by atoms with Crippen molar-refractivity contribution < 1.29 is 4.39 Å². The van der Waals surface area contributed by atoms with Crippen LogP contribution in [-0.4, -0.2) is 12.6 Å². The highest BCUT2D eigenvalue weighted by atomic mass is 19.1. The molecule has 2 rings (SSSR count). The fraction of sp³-hybridized carbons (Fsp3) is 0.625. The van der Waals surface area contributed by atoms with Gasteiger partial charge in [-0.3, -0.25) is 0 Å². The molecule has 0 bridgehead atoms. The Kier molecular flexibility index (Phi) is 4.76. The van der Waals surface area contributed by atoms with E-state index in [0.29, 0.717) is 12.0 Å². The maximum absolute atomic E-state index is 13.5. The first-order valence-corrected chi connectivity index (χ1v) is 7.19. The van der Waals surface area contributed by atoms with E-state index >= 15 is 0 Å². The van der Waals surface area contributed by atoms with Gasteiger partial charge in [0.1, 0.15) is 5.82 Å². The summed E-state index contributed by atoms with van der Waals surface area (Å²) in [7, 11) is 0. The zero-order chi connectivity index (χ0) is 13.0. The molecule has 1 aromatic rings. The first-order valence-electron chi connectivity index (χ1n) is 7.19. The van der Waals surface area contributed by atoms with Gasteiger partial charge in [-0.1, -0.05) is 25.8 Å². The topological polar surface area (TPSA) is 12.0 Å². The number of rotatable bonds is 3. The summed E-state index contributed by atoms with van der Waals surface area (Å²) in [6.45, 7) is 5.16. The van der Waals surface area contributed by atoms with Crippen LogP contribution in [-0.2, 0) is 0 Å². The van der Waals surface area contributed by atoms with Crippen molar-refractivity contribution in [1.29, 1.82) is 0 Å². The molecule has 1 fully saturated rings. The van der Waals surface area contributed by atoms with E-state index in [9.17, 15) is 4.39 Å². The number of benzene rings is 1. The quantitative estimate of drug-likeness (QED) is 0.793. The van der Waals surface area contributed by atoms with Crippen LogP contribution < -0.4 is 5.32 Å². The van der Waals surface area contributed by atoms with E-state index < -0.39 is 0 Å². The van der Waals surface area contributed by atoms with E-state index in [-0.39, 0.29) is 5.82 Å². The van der Waals surface area contributed by atoms with Crippen molar-refractivity contribution in [2.24, 2.45) is 0 Å². The molecule has 2 atom stereocenters. The van der Waals surface area contributed by atoms with E-state index in [0.717, 1.165) is 18.5 Å². The molecule has 0 aliphatic heterocycles. The maximum atomic E-state index is 13.5. The van der Waals surface area contributed by atoms with Crippen LogP contribution in [0.2, 0.25) is 0 Å². The fourth-order valence-corrected chi connectivity index (χ4v) is 3.14. The van der Waals surface area contributed by atoms with Crippen LogP contribution in [0.25, 0.3) is 0 Å². The normalized spacial score (nSPS) is 24.8. The maximum Gasteiger partial charge on any atom is 0.123 e. The first-order chi connectivity index (χ1) is 8.69. The predicted octanol–water partition coefficient (Wildman–Crippen LogP) is 4.16. The third kappa shape index (κ3) is 3.55. The van der Waals surface area contributed by atoms with Crippen molar-refractivity contribution in [1.82, 2.24) is 5.32 Å². The summed E-state index contributed by atoms with van der Waals surface area (Å²) in [5, 5.41) is 3.56. The standard InChI is InChI=1S/C16H24FN/c1-3-18-16-7-5-4-6-13(11-16)14-8-12(2)9-15(17)10-14/h8-10,13,16,18H,3-7,11H2,1-2H3. The Morgan fingerprint density at radius 3 is 2.72 bits per heavy atom. The number of hydrogen-bond acceptors (Lipinski definition) is 1. The predicted molar refractivity (Wildman–Crippen MR) is 74.4 cm³/mol. The van der Waals surface area contributed by atoms with Crippen LogP contribution >= 0.6 is 0 Å². The largest absolute Gasteiger partial charge is 0.314 e. The minimum Gasteiger partial charge on any atom is -0.314 e. The molecule has 2 heteroatoms. The van der Waals surface area contributed by atoms with Crippen LogP contribution in [0.4, 0.5) is 4.39 Å². The molecule has 1 nitrogen and oxygen atoms in total. The van der Waals surface area contributed by atoms with Crippen molar-refractivity contribution in [2.45, 2.75) is 57.9 Å². The van der Waals surface area contributed by atoms with Gasteiger partial charge < -0.3 is 5.32 Å². The molecular formula is C16H24FN. The monoisotopic (exact) mass is 249 g/mol. The van der Waals surface area contributed by atoms with Gasteiger partial charge in [0.25, 0.3) is 0 Å². The highest BCUT2D eigenvalue weighted by Crippen LogP contribution is 2.32. The van der Waals surface area contributed by atoms with Gasteiger partial charge in [0.15, 0.2) is 0 Å². The summed E-state index contributed by atoms with van der Waals surface area (Å²) in [6.07, 6.45) is 6.17. The summed E-state index contributed by atoms with van der Waals surface area (Å²) in [4.78, 5) is 0. The molecule has 1 aliphatic rings. The van der Waals surface area contributed by atoms with Gasteiger partial charge >= 0.3 is 0 Å². The van der Waals surface area contributed by atoms with Gasteiger partial charge in [-0.15, -0.1) is 0 Å². The Morgan fingerprint density at radius 1 is 1.22 bits per heavy atom. The highest BCUT2D eigenvalue weighted by Gasteiger charge is 2.21. The van der Waals surface area contributed by atoms with E-state index in [1.165, 1.54) is 31.2 Å². The second kappa shape index (κ2) is 6.33. The zero-order valence-corrected chi connectivity index (χ0v) is 11.5. The Bertz CT molecular complexity index is 368. The van der Waals surface area contributed by atoms with Gasteiger partial charge in [0.05, 0.1) is 0 Å². The van der Waals surface area contributed by atoms with Crippen molar-refractivity contribution in [3.63, 3.8) is 0 Å². The molecule has 2 unspecified atom stereocenters. The summed E-state index contributed by atoms with van der Waals surface area (Å²) < 4.78 is 13.5. The lowest BCUT2D eigenvalue weighted by Crippen LogP contribution is -2.29. The summed E-state index contributed by atoms with van der Waals surface area (Å²) in [6, 6.07) is 6.10. The number of hydrogen-bond donors (Lipinski definition) is 1. The van der Waals surface area contributed by atoms with Crippen molar-refractivity contribution in [2.75, 3.05) is 6.54 Å². The third-order valence-corrected chi connectivity index (χ3v) is 3.95. The van der Waals surface area contributed by atoms with Crippen LogP contribution in [0.3, 0.4) is 0 Å². The molecule has 0 aromatic heterocycles. The molecule has 1 aromatic carbocycles. The van der Waals surface area contributed by atoms with Crippen molar-refractivity contribution in [3.8, 4) is 0 Å². The molecule has 1 N–H and O–H groups in total. The van der Waals surface area contributed by atoms with E-state index in [2.05, 4.69) is 18.3 Å². The number of aryl methyl sites for hydroxylation is 1. The van der Waals surface area contributed by atoms with Crippen LogP contribution in [0.15, 0.2) is 18.2 Å². The minimum atomic E-state index is -0.0887. The molecular weight excluding hydrogens is 225 g/mol. The Balaban J connectivity index is 2.14. The molecule has 18 heavy (non-hydrogen) atoms. The molecule has 0 amide bonds. The SMILES string of the molecule is CCNC1CCCCC(c2cc(C)cc(F)c2)C1. The van der Waals surface area contributed by atoms with Gasteiger partial charge in [0, 0.05) is 6.04 Å². The Hall–Kier alpha value is -0.890. The van der Waals surface area contributed by atoms with E-state index in [1.807, 2.05) is 6.92 Å². The second-order valence-electron chi connectivity index (χ2n) is 5.53. The van der Waals surface area contributed by atoms with Gasteiger partial charge in [0.2, 0.25) is 0 Å². The van der Waals surface area contributed by atoms with E-state index in [4.69, 9.17) is 0 Å². The second-order valence-corrected chi connectivity index (χ2v) is 5.53. The Morgan fingerprint density at radius 2 is 2.00 bits per heavy atom. The summed E-state index contributed by atoms with van der Waals surface area (Å²) in [5.41, 5.74) is 2.23. The zero-order valence-electron chi connectivity index (χ0n) is 11.5. The third-order valence-electron chi connectivity index (χ3n) is 3.95. The van der Waals surface area contributed by atoms with E-state index in [1.54, 1.807) is 12.1 Å². The molecule has 0 spiro atoms. The average molecular weight is 249 g/mol. The lowest BCUT2D eigenvalue weighted by Gasteiger charge is -2.21. The molecule has 1 aliphatic carbocycles. The van der Waals surface area contributed by atoms with Crippen molar-refractivity contribution >= 4 is 0 Å². The van der Waals surface area contributed by atoms with Crippen LogP contribution in [0.5, 0.6) is 0 Å². The first kappa shape index (κ1) is 13.5. The smallest absolute Gasteiger partial charge is 0.123 e. The lowest BCUT2D eigenvalue weighted by atomic mass is 9.89. The molecule has 0 heterocycles. The summed E-state index contributed by atoms with van der Waals surface area (Å²) >= 11 is 0. The molecule has 1 saturated carbocycles. The minimum absolute atomic E-state index is 0.0887.